The Morgan fingerprint density at radius 2 is 2.23 bits per heavy atom. The summed E-state index contributed by atoms with van der Waals surface area (Å²) in [4.78, 5) is 9.82. The molecule has 0 aliphatic heterocycles. The van der Waals surface area contributed by atoms with Crippen LogP contribution in [-0.2, 0) is 12.8 Å². The Kier molecular flexibility index (Phi) is 5.70. The summed E-state index contributed by atoms with van der Waals surface area (Å²) in [7, 11) is 1.91. The fourth-order valence-corrected chi connectivity index (χ4v) is 2.53. The predicted molar refractivity (Wildman–Crippen MR) is 86.4 cm³/mol. The summed E-state index contributed by atoms with van der Waals surface area (Å²) >= 11 is 1.59. The maximum atomic E-state index is 5.47. The number of likely N-dealkylation sites (N-methyl/N-ethyl adjacent to an activating group) is 1. The second kappa shape index (κ2) is 7.53. The van der Waals surface area contributed by atoms with Crippen LogP contribution in [0.4, 0.5) is 0 Å². The lowest BCUT2D eigenvalue weighted by molar-refractivity contribution is 0.376. The first-order valence-corrected chi connectivity index (χ1v) is 7.59. The third-order valence-corrected chi connectivity index (χ3v) is 3.97. The quantitative estimate of drug-likeness (QED) is 0.743. The van der Waals surface area contributed by atoms with E-state index in [0.717, 1.165) is 17.0 Å². The number of rotatable bonds is 6. The van der Waals surface area contributed by atoms with E-state index in [4.69, 9.17) is 8.94 Å². The van der Waals surface area contributed by atoms with Gasteiger partial charge in [0.15, 0.2) is 5.82 Å². The van der Waals surface area contributed by atoms with Crippen LogP contribution in [0.5, 0.6) is 0 Å². The number of nitrogens with zero attached hydrogens (tertiary/aromatic N) is 3. The summed E-state index contributed by atoms with van der Waals surface area (Å²) < 4.78 is 10.7. The maximum absolute atomic E-state index is 5.47. The Bertz CT molecular complexity index is 695. The Morgan fingerprint density at radius 3 is 2.95 bits per heavy atom. The Labute approximate surface area is 138 Å². The van der Waals surface area contributed by atoms with Gasteiger partial charge in [0.1, 0.15) is 6.26 Å². The fraction of sp³-hybridized carbons (Fsp3) is 0.357. The van der Waals surface area contributed by atoms with Gasteiger partial charge >= 0.3 is 0 Å². The van der Waals surface area contributed by atoms with E-state index in [9.17, 15) is 0 Å². The molecule has 22 heavy (non-hydrogen) atoms. The Hall–Kier alpha value is -1.70. The van der Waals surface area contributed by atoms with Crippen molar-refractivity contribution in [1.29, 1.82) is 0 Å². The van der Waals surface area contributed by atoms with Crippen LogP contribution >= 0.6 is 23.7 Å². The smallest absolute Gasteiger partial charge is 0.236 e. The van der Waals surface area contributed by atoms with Crippen molar-refractivity contribution in [3.05, 3.63) is 41.2 Å². The van der Waals surface area contributed by atoms with E-state index < -0.39 is 0 Å². The van der Waals surface area contributed by atoms with E-state index in [0.29, 0.717) is 30.1 Å². The van der Waals surface area contributed by atoms with Gasteiger partial charge in [0.25, 0.3) is 0 Å². The molecule has 0 spiro atoms. The number of hydrogen-bond donors (Lipinski definition) is 1. The second-order valence-corrected chi connectivity index (χ2v) is 5.74. The minimum atomic E-state index is 0. The highest BCUT2D eigenvalue weighted by Gasteiger charge is 2.13. The van der Waals surface area contributed by atoms with Gasteiger partial charge in [-0.25, -0.2) is 4.98 Å². The number of nitrogens with one attached hydrogen (secondary N) is 1. The van der Waals surface area contributed by atoms with Crippen LogP contribution in [0, 0.1) is 0 Å². The molecule has 3 aromatic heterocycles. The van der Waals surface area contributed by atoms with Crippen LogP contribution in [0.25, 0.3) is 10.8 Å². The number of thiophene rings is 1. The highest BCUT2D eigenvalue weighted by atomic mass is 35.5. The lowest BCUT2D eigenvalue weighted by Gasteiger charge is -2.04. The molecule has 1 unspecified atom stereocenters. The molecule has 0 fully saturated rings. The first-order valence-electron chi connectivity index (χ1n) is 6.71. The molecule has 0 saturated carbocycles. The van der Waals surface area contributed by atoms with Gasteiger partial charge in [-0.15, -0.1) is 23.7 Å². The topological polar surface area (TPSA) is 77.0 Å². The summed E-state index contributed by atoms with van der Waals surface area (Å²) in [6.07, 6.45) is 2.85. The van der Waals surface area contributed by atoms with Crippen molar-refractivity contribution in [2.75, 3.05) is 7.05 Å². The van der Waals surface area contributed by atoms with Crippen molar-refractivity contribution >= 4 is 23.7 Å². The first kappa shape index (κ1) is 16.7. The highest BCUT2D eigenvalue weighted by Crippen LogP contribution is 2.24. The molecule has 8 heteroatoms. The fourth-order valence-electron chi connectivity index (χ4n) is 1.88. The maximum Gasteiger partial charge on any atom is 0.236 e. The lowest BCUT2D eigenvalue weighted by Crippen LogP contribution is -2.24. The number of aromatic nitrogens is 3. The van der Waals surface area contributed by atoms with Crippen molar-refractivity contribution in [2.45, 2.75) is 25.8 Å². The van der Waals surface area contributed by atoms with Crippen molar-refractivity contribution in [1.82, 2.24) is 20.4 Å². The van der Waals surface area contributed by atoms with Crippen LogP contribution in [0.15, 0.2) is 32.7 Å². The molecule has 3 heterocycles. The summed E-state index contributed by atoms with van der Waals surface area (Å²) in [6.45, 7) is 2.07. The van der Waals surface area contributed by atoms with Gasteiger partial charge in [0.05, 0.1) is 17.0 Å². The molecule has 6 nitrogen and oxygen atoms in total. The van der Waals surface area contributed by atoms with Crippen molar-refractivity contribution in [3.63, 3.8) is 0 Å². The van der Waals surface area contributed by atoms with Crippen LogP contribution in [0.3, 0.4) is 0 Å². The monoisotopic (exact) mass is 340 g/mol. The molecule has 3 rings (SSSR count). The molecule has 0 aromatic carbocycles. The third kappa shape index (κ3) is 3.94. The molecule has 3 aromatic rings. The Balaban J connectivity index is 0.00000176. The van der Waals surface area contributed by atoms with Crippen LogP contribution < -0.4 is 5.32 Å². The molecule has 118 valence electrons. The lowest BCUT2D eigenvalue weighted by atomic mass is 10.2. The molecular weight excluding hydrogens is 324 g/mol. The zero-order chi connectivity index (χ0) is 14.7. The predicted octanol–water partition coefficient (Wildman–Crippen LogP) is 2.95. The van der Waals surface area contributed by atoms with Gasteiger partial charge < -0.3 is 14.3 Å². The van der Waals surface area contributed by atoms with E-state index in [1.807, 2.05) is 24.6 Å². The van der Waals surface area contributed by atoms with E-state index in [-0.39, 0.29) is 12.4 Å². The third-order valence-electron chi connectivity index (χ3n) is 3.11. The average molecular weight is 341 g/mol. The number of hydrogen-bond acceptors (Lipinski definition) is 7. The average Bonchev–Trinajstić information content (AvgIpc) is 3.19. The molecule has 0 aliphatic rings. The van der Waals surface area contributed by atoms with Gasteiger partial charge in [0.2, 0.25) is 11.8 Å². The van der Waals surface area contributed by atoms with Gasteiger partial charge in [-0.05, 0) is 25.4 Å². The van der Waals surface area contributed by atoms with Crippen LogP contribution in [0.1, 0.15) is 24.3 Å². The molecule has 0 radical (unpaired) electrons. The summed E-state index contributed by atoms with van der Waals surface area (Å²) in [5, 5.41) is 9.11. The van der Waals surface area contributed by atoms with Crippen molar-refractivity contribution < 1.29 is 8.94 Å². The highest BCUT2D eigenvalue weighted by molar-refractivity contribution is 7.13. The van der Waals surface area contributed by atoms with Crippen LogP contribution in [0.2, 0.25) is 0 Å². The zero-order valence-electron chi connectivity index (χ0n) is 12.3. The minimum Gasteiger partial charge on any atom is -0.444 e. The second-order valence-electron chi connectivity index (χ2n) is 4.80. The molecular formula is C14H17ClN4O2S. The molecule has 0 bridgehead atoms. The molecule has 1 atom stereocenters. The molecule has 0 amide bonds. The Morgan fingerprint density at radius 1 is 1.36 bits per heavy atom. The SMILES string of the molecule is CNC(C)Cc1noc(Cc2coc(-c3cccs3)n2)n1.Cl. The van der Waals surface area contributed by atoms with E-state index >= 15 is 0 Å². The zero-order valence-corrected chi connectivity index (χ0v) is 13.9. The number of oxazole rings is 1. The molecule has 0 aliphatic carbocycles. The molecule has 0 saturated heterocycles. The van der Waals surface area contributed by atoms with E-state index in [2.05, 4.69) is 27.4 Å². The van der Waals surface area contributed by atoms with E-state index in [1.165, 1.54) is 0 Å². The van der Waals surface area contributed by atoms with Gasteiger partial charge in [-0.3, -0.25) is 0 Å². The first-order chi connectivity index (χ1) is 10.2. The molecule has 1 N–H and O–H groups in total. The summed E-state index contributed by atoms with van der Waals surface area (Å²) in [5.74, 6) is 1.89. The van der Waals surface area contributed by atoms with Crippen molar-refractivity contribution in [2.24, 2.45) is 0 Å². The van der Waals surface area contributed by atoms with E-state index in [1.54, 1.807) is 17.6 Å². The number of halogens is 1. The summed E-state index contributed by atoms with van der Waals surface area (Å²) in [6, 6.07) is 4.26. The summed E-state index contributed by atoms with van der Waals surface area (Å²) in [5.41, 5.74) is 0.787. The normalized spacial score (nSPS) is 12.1. The van der Waals surface area contributed by atoms with Gasteiger partial charge in [-0.1, -0.05) is 11.2 Å². The minimum absolute atomic E-state index is 0. The van der Waals surface area contributed by atoms with Crippen molar-refractivity contribution in [3.8, 4) is 10.8 Å². The van der Waals surface area contributed by atoms with Gasteiger partial charge in [-0.2, -0.15) is 4.98 Å². The van der Waals surface area contributed by atoms with Gasteiger partial charge in [0, 0.05) is 12.5 Å². The largest absolute Gasteiger partial charge is 0.444 e. The van der Waals surface area contributed by atoms with Crippen LogP contribution in [-0.4, -0.2) is 28.2 Å². The standard InChI is InChI=1S/C14H16N4O2S.ClH/c1-9(15-2)6-12-17-13(20-18-12)7-10-8-19-14(16-10)11-4-3-5-21-11;/h3-5,8-9,15H,6-7H2,1-2H3;1H.